The van der Waals surface area contributed by atoms with E-state index in [9.17, 15) is 4.79 Å². The van der Waals surface area contributed by atoms with E-state index in [-0.39, 0.29) is 6.03 Å². The summed E-state index contributed by atoms with van der Waals surface area (Å²) in [5, 5.41) is 3.01. The van der Waals surface area contributed by atoms with Crippen LogP contribution in [-0.4, -0.2) is 38.3 Å². The van der Waals surface area contributed by atoms with Crippen LogP contribution in [0.25, 0.3) is 0 Å². The molecule has 2 aromatic carbocycles. The summed E-state index contributed by atoms with van der Waals surface area (Å²) in [4.78, 5) is 14.4. The summed E-state index contributed by atoms with van der Waals surface area (Å²) in [5.74, 6) is 1.42. The van der Waals surface area contributed by atoms with Gasteiger partial charge in [-0.2, -0.15) is 0 Å². The normalized spacial score (nSPS) is 13.0. The zero-order chi connectivity index (χ0) is 19.9. The Balaban J connectivity index is 1.57. The van der Waals surface area contributed by atoms with Crippen molar-refractivity contribution in [2.45, 2.75) is 33.0 Å². The van der Waals surface area contributed by atoms with Crippen LogP contribution in [0.1, 0.15) is 29.2 Å². The molecule has 150 valence electrons. The lowest BCUT2D eigenvalue weighted by Gasteiger charge is -2.29. The molecule has 0 unspecified atom stereocenters. The van der Waals surface area contributed by atoms with Crippen molar-refractivity contribution in [1.82, 2.24) is 10.2 Å². The fourth-order valence-corrected chi connectivity index (χ4v) is 3.32. The second-order valence-corrected chi connectivity index (χ2v) is 6.76. The van der Waals surface area contributed by atoms with Crippen LogP contribution in [0, 0.1) is 0 Å². The first kappa shape index (κ1) is 20.0. The van der Waals surface area contributed by atoms with Gasteiger partial charge < -0.3 is 24.4 Å². The van der Waals surface area contributed by atoms with Crippen LogP contribution in [0.4, 0.5) is 4.79 Å². The van der Waals surface area contributed by atoms with E-state index >= 15 is 0 Å². The maximum absolute atomic E-state index is 12.6. The van der Waals surface area contributed by atoms with Crippen LogP contribution >= 0.6 is 0 Å². The van der Waals surface area contributed by atoms with Gasteiger partial charge in [0.05, 0.1) is 20.8 Å². The molecule has 0 saturated heterocycles. The van der Waals surface area contributed by atoms with Gasteiger partial charge in [0.15, 0.2) is 11.5 Å². The van der Waals surface area contributed by atoms with E-state index in [0.717, 1.165) is 28.9 Å². The van der Waals surface area contributed by atoms with Gasteiger partial charge in [-0.25, -0.2) is 4.79 Å². The molecular formula is C22H28N2O4. The third-order valence-corrected chi connectivity index (χ3v) is 4.94. The number of amides is 2. The van der Waals surface area contributed by atoms with E-state index in [1.807, 2.05) is 48.2 Å². The molecule has 6 heteroatoms. The number of hydrogen-bond donors (Lipinski definition) is 1. The van der Waals surface area contributed by atoms with Gasteiger partial charge >= 0.3 is 6.03 Å². The molecule has 1 heterocycles. The number of nitrogens with one attached hydrogen (secondary N) is 1. The van der Waals surface area contributed by atoms with Gasteiger partial charge in [-0.1, -0.05) is 24.3 Å². The SMILES string of the molecule is CCOCc1ccc(CNC(=O)N2CCc3cc(OC)c(OC)cc3C2)cc1. The summed E-state index contributed by atoms with van der Waals surface area (Å²) in [6.45, 7) is 5.05. The molecule has 28 heavy (non-hydrogen) atoms. The third-order valence-electron chi connectivity index (χ3n) is 4.94. The number of fused-ring (bicyclic) bond motifs is 1. The average Bonchev–Trinajstić information content (AvgIpc) is 2.75. The minimum Gasteiger partial charge on any atom is -0.493 e. The molecule has 0 bridgehead atoms. The first-order valence-electron chi connectivity index (χ1n) is 9.56. The van der Waals surface area contributed by atoms with Crippen LogP contribution in [0.3, 0.4) is 0 Å². The van der Waals surface area contributed by atoms with Gasteiger partial charge in [-0.15, -0.1) is 0 Å². The molecule has 0 aromatic heterocycles. The Morgan fingerprint density at radius 1 is 1.04 bits per heavy atom. The van der Waals surface area contributed by atoms with Crippen molar-refractivity contribution in [1.29, 1.82) is 0 Å². The summed E-state index contributed by atoms with van der Waals surface area (Å²) < 4.78 is 16.2. The van der Waals surface area contributed by atoms with Gasteiger partial charge in [-0.3, -0.25) is 0 Å². The van der Waals surface area contributed by atoms with E-state index in [1.54, 1.807) is 14.2 Å². The monoisotopic (exact) mass is 384 g/mol. The molecule has 0 atom stereocenters. The quantitative estimate of drug-likeness (QED) is 0.794. The van der Waals surface area contributed by atoms with Crippen molar-refractivity contribution >= 4 is 6.03 Å². The second-order valence-electron chi connectivity index (χ2n) is 6.76. The van der Waals surface area contributed by atoms with E-state index in [2.05, 4.69) is 5.32 Å². The highest BCUT2D eigenvalue weighted by molar-refractivity contribution is 5.74. The second kappa shape index (κ2) is 9.46. The first-order chi connectivity index (χ1) is 13.6. The van der Waals surface area contributed by atoms with Crippen molar-refractivity contribution in [2.24, 2.45) is 0 Å². The minimum absolute atomic E-state index is 0.0566. The van der Waals surface area contributed by atoms with Crippen molar-refractivity contribution < 1.29 is 19.0 Å². The predicted molar refractivity (Wildman–Crippen MR) is 108 cm³/mol. The van der Waals surface area contributed by atoms with E-state index < -0.39 is 0 Å². The predicted octanol–water partition coefficient (Wildman–Crippen LogP) is 3.51. The molecule has 1 aliphatic rings. The van der Waals surface area contributed by atoms with Gasteiger partial charge in [0.2, 0.25) is 0 Å². The first-order valence-corrected chi connectivity index (χ1v) is 9.56. The Kier molecular flexibility index (Phi) is 6.76. The molecule has 2 aromatic rings. The van der Waals surface area contributed by atoms with Gasteiger partial charge in [-0.05, 0) is 47.7 Å². The number of carbonyl (C=O) groups excluding carboxylic acids is 1. The molecule has 3 rings (SSSR count). The number of ether oxygens (including phenoxy) is 3. The van der Waals surface area contributed by atoms with Crippen LogP contribution in [-0.2, 0) is 30.9 Å². The lowest BCUT2D eigenvalue weighted by Crippen LogP contribution is -2.42. The fraction of sp³-hybridized carbons (Fsp3) is 0.409. The van der Waals surface area contributed by atoms with E-state index in [1.165, 1.54) is 5.56 Å². The molecule has 0 aliphatic carbocycles. The zero-order valence-electron chi connectivity index (χ0n) is 16.8. The van der Waals surface area contributed by atoms with Crippen molar-refractivity contribution in [3.8, 4) is 11.5 Å². The van der Waals surface area contributed by atoms with Crippen molar-refractivity contribution in [3.05, 3.63) is 58.7 Å². The Labute approximate surface area is 166 Å². The lowest BCUT2D eigenvalue weighted by atomic mass is 9.99. The maximum Gasteiger partial charge on any atom is 0.317 e. The Bertz CT molecular complexity index is 805. The minimum atomic E-state index is -0.0566. The standard InChI is InChI=1S/C22H28N2O4/c1-4-28-15-17-7-5-16(6-8-17)13-23-22(25)24-10-9-18-11-20(26-2)21(27-3)12-19(18)14-24/h5-8,11-12H,4,9-10,13-15H2,1-3H3,(H,23,25). The third kappa shape index (κ3) is 4.75. The largest absolute Gasteiger partial charge is 0.493 e. The Hall–Kier alpha value is -2.73. The topological polar surface area (TPSA) is 60.0 Å². The number of carbonyl (C=O) groups is 1. The molecule has 2 amide bonds. The Morgan fingerprint density at radius 3 is 2.32 bits per heavy atom. The fourth-order valence-electron chi connectivity index (χ4n) is 3.32. The van der Waals surface area contributed by atoms with E-state index in [4.69, 9.17) is 14.2 Å². The van der Waals surface area contributed by atoms with Gasteiger partial charge in [0.1, 0.15) is 0 Å². The van der Waals surface area contributed by atoms with Crippen LogP contribution in [0.5, 0.6) is 11.5 Å². The molecule has 0 radical (unpaired) electrons. The van der Waals surface area contributed by atoms with Crippen molar-refractivity contribution in [3.63, 3.8) is 0 Å². The number of benzene rings is 2. The number of rotatable bonds is 7. The van der Waals surface area contributed by atoms with E-state index in [0.29, 0.717) is 38.6 Å². The van der Waals surface area contributed by atoms with Crippen molar-refractivity contribution in [2.75, 3.05) is 27.4 Å². The van der Waals surface area contributed by atoms with Crippen LogP contribution in [0.15, 0.2) is 36.4 Å². The molecule has 1 N–H and O–H groups in total. The summed E-state index contributed by atoms with van der Waals surface area (Å²) in [5.41, 5.74) is 4.50. The summed E-state index contributed by atoms with van der Waals surface area (Å²) in [6.07, 6.45) is 0.801. The highest BCUT2D eigenvalue weighted by atomic mass is 16.5. The molecule has 0 spiro atoms. The molecule has 0 saturated carbocycles. The highest BCUT2D eigenvalue weighted by Crippen LogP contribution is 2.33. The number of nitrogens with zero attached hydrogens (tertiary/aromatic N) is 1. The molecular weight excluding hydrogens is 356 g/mol. The lowest BCUT2D eigenvalue weighted by molar-refractivity contribution is 0.134. The summed E-state index contributed by atoms with van der Waals surface area (Å²) in [7, 11) is 3.26. The summed E-state index contributed by atoms with van der Waals surface area (Å²) in [6, 6.07) is 12.0. The van der Waals surface area contributed by atoms with Crippen LogP contribution < -0.4 is 14.8 Å². The molecule has 6 nitrogen and oxygen atoms in total. The Morgan fingerprint density at radius 2 is 1.68 bits per heavy atom. The smallest absolute Gasteiger partial charge is 0.317 e. The molecule has 0 fully saturated rings. The average molecular weight is 384 g/mol. The van der Waals surface area contributed by atoms with Crippen LogP contribution in [0.2, 0.25) is 0 Å². The maximum atomic E-state index is 12.6. The van der Waals surface area contributed by atoms with Gasteiger partial charge in [0, 0.05) is 26.2 Å². The number of urea groups is 1. The zero-order valence-corrected chi connectivity index (χ0v) is 16.8. The highest BCUT2D eigenvalue weighted by Gasteiger charge is 2.22. The molecule has 1 aliphatic heterocycles. The number of methoxy groups -OCH3 is 2. The van der Waals surface area contributed by atoms with Gasteiger partial charge in [0.25, 0.3) is 0 Å². The number of hydrogen-bond acceptors (Lipinski definition) is 4. The summed E-state index contributed by atoms with van der Waals surface area (Å²) >= 11 is 0.